The number of carbonyl (C=O) groups excluding carboxylic acids is 1. The first-order valence-electron chi connectivity index (χ1n) is 5.48. The zero-order valence-corrected chi connectivity index (χ0v) is 10.2. The Balaban J connectivity index is 2.66. The molecule has 17 heavy (non-hydrogen) atoms. The zero-order chi connectivity index (χ0) is 12.7. The molecule has 0 spiro atoms. The van der Waals surface area contributed by atoms with E-state index in [-0.39, 0.29) is 5.97 Å². The second-order valence-corrected chi connectivity index (χ2v) is 3.42. The van der Waals surface area contributed by atoms with Gasteiger partial charge in [0.25, 0.3) is 0 Å². The van der Waals surface area contributed by atoms with Crippen molar-refractivity contribution in [3.8, 4) is 0 Å². The molecule has 0 unspecified atom stereocenters. The monoisotopic (exact) mass is 238 g/mol. The Morgan fingerprint density at radius 1 is 1.47 bits per heavy atom. The minimum absolute atomic E-state index is 0.377. The molecule has 3 N–H and O–H groups in total. The van der Waals surface area contributed by atoms with Crippen LogP contribution in [0, 0.1) is 0 Å². The van der Waals surface area contributed by atoms with Gasteiger partial charge in [0.15, 0.2) is 0 Å². The van der Waals surface area contributed by atoms with Gasteiger partial charge in [-0.25, -0.2) is 4.79 Å². The van der Waals surface area contributed by atoms with Crippen molar-refractivity contribution in [2.75, 3.05) is 37.9 Å². The van der Waals surface area contributed by atoms with Crippen molar-refractivity contribution in [3.63, 3.8) is 0 Å². The van der Waals surface area contributed by atoms with Gasteiger partial charge in [0.1, 0.15) is 0 Å². The first-order valence-corrected chi connectivity index (χ1v) is 5.48. The van der Waals surface area contributed by atoms with Crippen LogP contribution in [0.1, 0.15) is 17.3 Å². The summed E-state index contributed by atoms with van der Waals surface area (Å²) in [5.74, 6) is -0.377. The van der Waals surface area contributed by atoms with Crippen molar-refractivity contribution in [2.24, 2.45) is 0 Å². The highest BCUT2D eigenvalue weighted by Crippen LogP contribution is 2.20. The molecule has 1 aromatic carbocycles. The third-order valence-electron chi connectivity index (χ3n) is 2.24. The smallest absolute Gasteiger partial charge is 0.337 e. The topological polar surface area (TPSA) is 73.6 Å². The third kappa shape index (κ3) is 3.96. The lowest BCUT2D eigenvalue weighted by Crippen LogP contribution is -2.11. The molecule has 0 radical (unpaired) electrons. The van der Waals surface area contributed by atoms with Gasteiger partial charge in [-0.05, 0) is 25.1 Å². The average molecular weight is 238 g/mol. The van der Waals surface area contributed by atoms with Crippen LogP contribution in [0.3, 0.4) is 0 Å². The number of anilines is 2. The van der Waals surface area contributed by atoms with Crippen LogP contribution in [0.5, 0.6) is 0 Å². The van der Waals surface area contributed by atoms with Crippen LogP contribution >= 0.6 is 0 Å². The maximum Gasteiger partial charge on any atom is 0.337 e. The molecule has 1 aromatic rings. The number of methoxy groups -OCH3 is 1. The fourth-order valence-corrected chi connectivity index (χ4v) is 1.36. The molecule has 0 atom stereocenters. The number of benzene rings is 1. The Kier molecular flexibility index (Phi) is 5.29. The predicted octanol–water partition coefficient (Wildman–Crippen LogP) is 1.50. The van der Waals surface area contributed by atoms with Crippen LogP contribution in [0.4, 0.5) is 11.4 Å². The number of ether oxygens (including phenoxy) is 2. The van der Waals surface area contributed by atoms with Crippen LogP contribution in [-0.2, 0) is 9.47 Å². The lowest BCUT2D eigenvalue weighted by atomic mass is 10.1. The predicted molar refractivity (Wildman–Crippen MR) is 67.2 cm³/mol. The number of nitrogens with two attached hydrogens (primary N) is 1. The molecule has 0 saturated heterocycles. The van der Waals surface area contributed by atoms with Gasteiger partial charge >= 0.3 is 5.97 Å². The van der Waals surface area contributed by atoms with Gasteiger partial charge in [-0.2, -0.15) is 0 Å². The van der Waals surface area contributed by atoms with Gasteiger partial charge in [0.05, 0.1) is 30.7 Å². The molecular weight excluding hydrogens is 220 g/mol. The maximum atomic E-state index is 11.3. The summed E-state index contributed by atoms with van der Waals surface area (Å²) in [6.07, 6.45) is 0. The van der Waals surface area contributed by atoms with E-state index < -0.39 is 0 Å². The molecule has 0 heterocycles. The molecular formula is C12H18N2O3. The fourth-order valence-electron chi connectivity index (χ4n) is 1.36. The van der Waals surface area contributed by atoms with Gasteiger partial charge in [-0.1, -0.05) is 0 Å². The molecule has 5 nitrogen and oxygen atoms in total. The number of esters is 1. The molecule has 0 aromatic heterocycles. The van der Waals surface area contributed by atoms with Crippen molar-refractivity contribution in [1.82, 2.24) is 0 Å². The van der Waals surface area contributed by atoms with E-state index in [9.17, 15) is 4.79 Å². The summed E-state index contributed by atoms with van der Waals surface area (Å²) >= 11 is 0. The summed E-state index contributed by atoms with van der Waals surface area (Å²) in [4.78, 5) is 11.3. The minimum atomic E-state index is -0.377. The van der Waals surface area contributed by atoms with E-state index in [0.717, 1.165) is 0 Å². The van der Waals surface area contributed by atoms with Gasteiger partial charge in [0.2, 0.25) is 0 Å². The first-order chi connectivity index (χ1) is 8.19. The van der Waals surface area contributed by atoms with E-state index in [1.54, 1.807) is 18.2 Å². The van der Waals surface area contributed by atoms with Crippen molar-refractivity contribution >= 4 is 17.3 Å². The van der Waals surface area contributed by atoms with Gasteiger partial charge in [0, 0.05) is 13.2 Å². The Bertz CT molecular complexity index is 380. The highest BCUT2D eigenvalue weighted by atomic mass is 16.5. The Morgan fingerprint density at radius 2 is 2.24 bits per heavy atom. The van der Waals surface area contributed by atoms with E-state index >= 15 is 0 Å². The zero-order valence-electron chi connectivity index (χ0n) is 10.2. The summed E-state index contributed by atoms with van der Waals surface area (Å²) in [5, 5.41) is 3.11. The second-order valence-electron chi connectivity index (χ2n) is 3.42. The molecule has 0 aliphatic heterocycles. The third-order valence-corrected chi connectivity index (χ3v) is 2.24. The normalized spacial score (nSPS) is 10.0. The molecule has 0 bridgehead atoms. The number of nitrogen functional groups attached to an aromatic ring is 1. The van der Waals surface area contributed by atoms with Crippen molar-refractivity contribution in [1.29, 1.82) is 0 Å². The van der Waals surface area contributed by atoms with Crippen molar-refractivity contribution in [2.45, 2.75) is 6.92 Å². The SMILES string of the molecule is CCOCCNc1cc(C(=O)OC)ccc1N. The van der Waals surface area contributed by atoms with Crippen LogP contribution in [0.2, 0.25) is 0 Å². The lowest BCUT2D eigenvalue weighted by Gasteiger charge is -2.10. The second kappa shape index (κ2) is 6.75. The van der Waals surface area contributed by atoms with Gasteiger partial charge in [-0.15, -0.1) is 0 Å². The van der Waals surface area contributed by atoms with E-state index in [1.807, 2.05) is 6.92 Å². The molecule has 5 heteroatoms. The summed E-state index contributed by atoms with van der Waals surface area (Å²) in [7, 11) is 1.35. The molecule has 0 fully saturated rings. The van der Waals surface area contributed by atoms with Crippen molar-refractivity contribution < 1.29 is 14.3 Å². The molecule has 0 amide bonds. The summed E-state index contributed by atoms with van der Waals surface area (Å²) in [5.41, 5.74) is 7.57. The van der Waals surface area contributed by atoms with E-state index in [0.29, 0.717) is 36.7 Å². The first kappa shape index (κ1) is 13.3. The molecule has 0 saturated carbocycles. The van der Waals surface area contributed by atoms with Crippen LogP contribution in [0.25, 0.3) is 0 Å². The number of hydrogen-bond donors (Lipinski definition) is 2. The Labute approximate surface area is 101 Å². The largest absolute Gasteiger partial charge is 0.465 e. The molecule has 1 rings (SSSR count). The van der Waals surface area contributed by atoms with Crippen LogP contribution in [-0.4, -0.2) is 32.8 Å². The highest BCUT2D eigenvalue weighted by Gasteiger charge is 2.07. The van der Waals surface area contributed by atoms with Crippen LogP contribution in [0.15, 0.2) is 18.2 Å². The van der Waals surface area contributed by atoms with Gasteiger partial charge < -0.3 is 20.5 Å². The molecule has 94 valence electrons. The van der Waals surface area contributed by atoms with Crippen LogP contribution < -0.4 is 11.1 Å². The quantitative estimate of drug-likeness (QED) is 0.446. The van der Waals surface area contributed by atoms with Crippen molar-refractivity contribution in [3.05, 3.63) is 23.8 Å². The Morgan fingerprint density at radius 3 is 2.88 bits per heavy atom. The standard InChI is InChI=1S/C12H18N2O3/c1-3-17-7-6-14-11-8-9(12(15)16-2)4-5-10(11)13/h4-5,8,14H,3,6-7,13H2,1-2H3. The summed E-state index contributed by atoms with van der Waals surface area (Å²) < 4.78 is 9.84. The summed E-state index contributed by atoms with van der Waals surface area (Å²) in [6, 6.07) is 4.98. The number of nitrogens with one attached hydrogen (secondary N) is 1. The average Bonchev–Trinajstić information content (AvgIpc) is 2.35. The number of rotatable bonds is 6. The van der Waals surface area contributed by atoms with E-state index in [2.05, 4.69) is 10.1 Å². The fraction of sp³-hybridized carbons (Fsp3) is 0.417. The summed E-state index contributed by atoms with van der Waals surface area (Å²) in [6.45, 7) is 3.85. The lowest BCUT2D eigenvalue weighted by molar-refractivity contribution is 0.0601. The van der Waals surface area contributed by atoms with E-state index in [4.69, 9.17) is 10.5 Å². The van der Waals surface area contributed by atoms with Gasteiger partial charge in [-0.3, -0.25) is 0 Å². The Hall–Kier alpha value is -1.75. The highest BCUT2D eigenvalue weighted by molar-refractivity contribution is 5.91. The number of hydrogen-bond acceptors (Lipinski definition) is 5. The van der Waals surface area contributed by atoms with E-state index in [1.165, 1.54) is 7.11 Å². The minimum Gasteiger partial charge on any atom is -0.465 e. The molecule has 0 aliphatic rings. The number of carbonyl (C=O) groups is 1. The molecule has 0 aliphatic carbocycles. The maximum absolute atomic E-state index is 11.3.